The minimum Gasteiger partial charge on any atom is -0.474 e. The van der Waals surface area contributed by atoms with Crippen LogP contribution in [0.15, 0.2) is 6.33 Å². The van der Waals surface area contributed by atoms with E-state index in [0.29, 0.717) is 5.92 Å². The molecule has 2 aliphatic carbocycles. The normalized spacial score (nSPS) is 28.6. The average molecular weight is 412 g/mol. The van der Waals surface area contributed by atoms with Gasteiger partial charge in [0.15, 0.2) is 0 Å². The van der Waals surface area contributed by atoms with Crippen molar-refractivity contribution in [2.24, 2.45) is 5.73 Å². The Morgan fingerprint density at radius 2 is 2.07 bits per heavy atom. The minimum absolute atomic E-state index is 0. The van der Waals surface area contributed by atoms with Gasteiger partial charge in [-0.05, 0) is 69.8 Å². The molecule has 2 aliphatic rings. The first-order chi connectivity index (χ1) is 12.5. The van der Waals surface area contributed by atoms with E-state index >= 15 is 0 Å². The van der Waals surface area contributed by atoms with E-state index in [0.717, 1.165) is 67.5 Å². The van der Waals surface area contributed by atoms with Crippen LogP contribution in [0.3, 0.4) is 0 Å². The summed E-state index contributed by atoms with van der Waals surface area (Å²) in [7, 11) is 0. The number of aliphatic hydroxyl groups is 1. The molecule has 1 fully saturated rings. The third-order valence-electron chi connectivity index (χ3n) is 6.23. The van der Waals surface area contributed by atoms with Gasteiger partial charge >= 0.3 is 0 Å². The Balaban J connectivity index is 0.00000210. The molecule has 7 heteroatoms. The molecule has 4 rings (SSSR count). The van der Waals surface area contributed by atoms with Crippen molar-refractivity contribution in [2.45, 2.75) is 88.9 Å². The second-order valence-corrected chi connectivity index (χ2v) is 9.23. The van der Waals surface area contributed by atoms with Crippen LogP contribution in [0.25, 0.3) is 10.2 Å². The topological polar surface area (TPSA) is 81.3 Å². The lowest BCUT2D eigenvalue weighted by molar-refractivity contribution is 0.113. The molecule has 0 saturated heterocycles. The Morgan fingerprint density at radius 3 is 2.74 bits per heavy atom. The smallest absolute Gasteiger partial charge is 0.225 e. The number of thiophene rings is 1. The van der Waals surface area contributed by atoms with Crippen LogP contribution in [-0.2, 0) is 6.42 Å². The highest BCUT2D eigenvalue weighted by Crippen LogP contribution is 2.47. The van der Waals surface area contributed by atoms with Gasteiger partial charge < -0.3 is 15.6 Å². The van der Waals surface area contributed by atoms with Crippen LogP contribution < -0.4 is 10.5 Å². The average Bonchev–Trinajstić information content (AvgIpc) is 3.17. The number of nitrogens with zero attached hydrogens (tertiary/aromatic N) is 2. The van der Waals surface area contributed by atoms with Gasteiger partial charge in [-0.25, -0.2) is 9.97 Å². The van der Waals surface area contributed by atoms with Crippen molar-refractivity contribution in [1.82, 2.24) is 9.97 Å². The molecular weight excluding hydrogens is 382 g/mol. The van der Waals surface area contributed by atoms with Crippen LogP contribution in [0.1, 0.15) is 75.2 Å². The molecule has 2 atom stereocenters. The monoisotopic (exact) mass is 411 g/mol. The van der Waals surface area contributed by atoms with E-state index in [1.54, 1.807) is 17.7 Å². The molecule has 0 aromatic carbocycles. The summed E-state index contributed by atoms with van der Waals surface area (Å²) in [5.74, 6) is 1.12. The minimum atomic E-state index is -0.292. The number of aryl methyl sites for hydroxylation is 1. The largest absolute Gasteiger partial charge is 0.474 e. The van der Waals surface area contributed by atoms with E-state index in [1.165, 1.54) is 10.4 Å². The summed E-state index contributed by atoms with van der Waals surface area (Å²) >= 11 is 1.76. The van der Waals surface area contributed by atoms with Crippen molar-refractivity contribution >= 4 is 34.0 Å². The fraction of sp³-hybridized carbons (Fsp3) is 0.700. The van der Waals surface area contributed by atoms with Gasteiger partial charge in [-0.1, -0.05) is 6.92 Å². The summed E-state index contributed by atoms with van der Waals surface area (Å²) in [6.07, 6.45) is 9.49. The lowest BCUT2D eigenvalue weighted by Crippen LogP contribution is -2.44. The zero-order valence-electron chi connectivity index (χ0n) is 16.1. The van der Waals surface area contributed by atoms with Gasteiger partial charge in [-0.2, -0.15) is 0 Å². The maximum atomic E-state index is 9.88. The Bertz CT molecular complexity index is 787. The Labute approximate surface area is 171 Å². The fourth-order valence-corrected chi connectivity index (χ4v) is 5.80. The van der Waals surface area contributed by atoms with Gasteiger partial charge in [0.2, 0.25) is 5.88 Å². The Kier molecular flexibility index (Phi) is 6.31. The predicted molar refractivity (Wildman–Crippen MR) is 112 cm³/mol. The molecule has 1 saturated carbocycles. The molecule has 0 amide bonds. The molecule has 3 N–H and O–H groups in total. The second-order valence-electron chi connectivity index (χ2n) is 8.15. The second kappa shape index (κ2) is 8.19. The zero-order chi connectivity index (χ0) is 18.3. The summed E-state index contributed by atoms with van der Waals surface area (Å²) in [5, 5.41) is 11.0. The first-order valence-electron chi connectivity index (χ1n) is 9.89. The van der Waals surface area contributed by atoms with Crippen molar-refractivity contribution < 1.29 is 9.84 Å². The first kappa shape index (κ1) is 20.8. The Hall–Kier alpha value is -0.950. The third-order valence-corrected chi connectivity index (χ3v) is 7.41. The molecule has 0 spiro atoms. The number of rotatable bonds is 5. The van der Waals surface area contributed by atoms with Crippen molar-refractivity contribution in [3.05, 3.63) is 16.8 Å². The molecule has 2 aromatic heterocycles. The van der Waals surface area contributed by atoms with E-state index < -0.39 is 0 Å². The SMILES string of the molecule is CCC1(N)CCC(Oc2ncnc3sc4c(c23)[C@@H](C[C@H](C)O)CC4)CC1.Cl. The quantitative estimate of drug-likeness (QED) is 0.764. The summed E-state index contributed by atoms with van der Waals surface area (Å²) in [4.78, 5) is 11.4. The number of ether oxygens (including phenoxy) is 1. The maximum Gasteiger partial charge on any atom is 0.225 e. The Morgan fingerprint density at radius 1 is 1.33 bits per heavy atom. The van der Waals surface area contributed by atoms with Gasteiger partial charge in [0, 0.05) is 10.4 Å². The number of aromatic nitrogens is 2. The van der Waals surface area contributed by atoms with Crippen LogP contribution in [0.2, 0.25) is 0 Å². The number of aliphatic hydroxyl groups excluding tert-OH is 1. The highest BCUT2D eigenvalue weighted by atomic mass is 35.5. The first-order valence-corrected chi connectivity index (χ1v) is 10.7. The van der Waals surface area contributed by atoms with E-state index in [4.69, 9.17) is 10.5 Å². The molecule has 150 valence electrons. The number of hydrogen-bond donors (Lipinski definition) is 2. The van der Waals surface area contributed by atoms with Crippen molar-refractivity contribution in [3.8, 4) is 5.88 Å². The molecule has 0 unspecified atom stereocenters. The van der Waals surface area contributed by atoms with Gasteiger partial charge in [0.25, 0.3) is 0 Å². The van der Waals surface area contributed by atoms with Crippen molar-refractivity contribution in [1.29, 1.82) is 0 Å². The standard InChI is InChI=1S/C20H29N3O2S.ClH/c1-3-20(21)8-6-14(7-9-20)25-18-17-16-13(10-12(2)24)4-5-15(16)26-19(17)23-11-22-18;/h11-14,24H,3-10,21H2,1-2H3;1H/t12-,13+,14?,20?;/m0./s1. The molecule has 0 radical (unpaired) electrons. The van der Waals surface area contributed by atoms with E-state index in [-0.39, 0.29) is 30.2 Å². The molecule has 0 aliphatic heterocycles. The van der Waals surface area contributed by atoms with Crippen LogP contribution in [0, 0.1) is 0 Å². The number of halogens is 1. The van der Waals surface area contributed by atoms with Crippen molar-refractivity contribution in [3.63, 3.8) is 0 Å². The highest BCUT2D eigenvalue weighted by molar-refractivity contribution is 7.19. The summed E-state index contributed by atoms with van der Waals surface area (Å²) < 4.78 is 6.38. The molecular formula is C20H30ClN3O2S. The van der Waals surface area contributed by atoms with Crippen LogP contribution in [0.5, 0.6) is 5.88 Å². The van der Waals surface area contributed by atoms with E-state index in [9.17, 15) is 5.11 Å². The highest BCUT2D eigenvalue weighted by Gasteiger charge is 2.33. The van der Waals surface area contributed by atoms with E-state index in [1.807, 2.05) is 6.92 Å². The van der Waals surface area contributed by atoms with Gasteiger partial charge in [0.1, 0.15) is 17.3 Å². The fourth-order valence-electron chi connectivity index (χ4n) is 4.57. The van der Waals surface area contributed by atoms with Gasteiger partial charge in [-0.3, -0.25) is 0 Å². The summed E-state index contributed by atoms with van der Waals surface area (Å²) in [6, 6.07) is 0. The maximum absolute atomic E-state index is 9.88. The molecule has 2 aromatic rings. The zero-order valence-corrected chi connectivity index (χ0v) is 17.7. The molecule has 0 bridgehead atoms. The molecule has 27 heavy (non-hydrogen) atoms. The van der Waals surface area contributed by atoms with Crippen LogP contribution in [0.4, 0.5) is 0 Å². The molecule has 2 heterocycles. The number of fused-ring (bicyclic) bond motifs is 3. The lowest BCUT2D eigenvalue weighted by atomic mass is 9.79. The van der Waals surface area contributed by atoms with Crippen LogP contribution >= 0.6 is 23.7 Å². The summed E-state index contributed by atoms with van der Waals surface area (Å²) in [6.45, 7) is 4.04. The van der Waals surface area contributed by atoms with E-state index in [2.05, 4.69) is 16.9 Å². The lowest BCUT2D eigenvalue weighted by Gasteiger charge is -2.36. The van der Waals surface area contributed by atoms with Gasteiger partial charge in [-0.15, -0.1) is 23.7 Å². The number of hydrogen-bond acceptors (Lipinski definition) is 6. The van der Waals surface area contributed by atoms with Crippen molar-refractivity contribution in [2.75, 3.05) is 0 Å². The molecule has 5 nitrogen and oxygen atoms in total. The van der Waals surface area contributed by atoms with Gasteiger partial charge in [0.05, 0.1) is 11.5 Å². The predicted octanol–water partition coefficient (Wildman–Crippen LogP) is 4.34. The third kappa shape index (κ3) is 4.09. The summed E-state index contributed by atoms with van der Waals surface area (Å²) in [5.41, 5.74) is 7.73. The number of nitrogens with two attached hydrogens (primary N) is 1. The van der Waals surface area contributed by atoms with Crippen LogP contribution in [-0.4, -0.2) is 32.8 Å².